The van der Waals surface area contributed by atoms with Gasteiger partial charge in [-0.05, 0) is 48.5 Å². The molecule has 0 saturated carbocycles. The summed E-state index contributed by atoms with van der Waals surface area (Å²) in [6.45, 7) is 2.38. The highest BCUT2D eigenvalue weighted by Crippen LogP contribution is 2.26. The van der Waals surface area contributed by atoms with E-state index < -0.39 is 40.4 Å². The number of rotatable bonds is 5. The van der Waals surface area contributed by atoms with Gasteiger partial charge in [0.05, 0.1) is 46.7 Å². The third-order valence-electron chi connectivity index (χ3n) is 5.87. The first-order chi connectivity index (χ1) is 17.8. The van der Waals surface area contributed by atoms with Gasteiger partial charge in [-0.1, -0.05) is 11.6 Å². The van der Waals surface area contributed by atoms with E-state index in [4.69, 9.17) is 16.3 Å². The molecule has 1 aliphatic heterocycles. The van der Waals surface area contributed by atoms with E-state index in [0.29, 0.717) is 43.2 Å². The van der Waals surface area contributed by atoms with E-state index in [1.807, 2.05) is 4.90 Å². The molecular weight excluding hydrogens is 509 g/mol. The molecule has 11 heteroatoms. The van der Waals surface area contributed by atoms with Crippen LogP contribution >= 0.6 is 11.6 Å². The second-order valence-corrected chi connectivity index (χ2v) is 8.63. The molecule has 2 heterocycles. The summed E-state index contributed by atoms with van der Waals surface area (Å²) in [7, 11) is 0. The number of benzene rings is 3. The van der Waals surface area contributed by atoms with Gasteiger partial charge in [0.15, 0.2) is 11.6 Å². The highest BCUT2D eigenvalue weighted by atomic mass is 35.5. The van der Waals surface area contributed by atoms with E-state index in [-0.39, 0.29) is 16.1 Å². The van der Waals surface area contributed by atoms with Crippen LogP contribution in [0.3, 0.4) is 0 Å². The summed E-state index contributed by atoms with van der Waals surface area (Å²) in [5.41, 5.74) is -0.432. The SMILES string of the molecule is O=C(Nc1ccc(F)c(C(=O)c2ccc3ncc(N4CCOCC4)nc3c2)c1F)c1ccc(F)c(Cl)c1. The summed E-state index contributed by atoms with van der Waals surface area (Å²) in [4.78, 5) is 36.6. The molecule has 0 spiro atoms. The molecule has 0 radical (unpaired) electrons. The number of fused-ring (bicyclic) bond motifs is 1. The molecule has 1 fully saturated rings. The highest BCUT2D eigenvalue weighted by molar-refractivity contribution is 6.31. The van der Waals surface area contributed by atoms with E-state index in [0.717, 1.165) is 30.3 Å². The van der Waals surface area contributed by atoms with Gasteiger partial charge in [-0.3, -0.25) is 14.6 Å². The predicted molar refractivity (Wildman–Crippen MR) is 132 cm³/mol. The van der Waals surface area contributed by atoms with Crippen LogP contribution in [-0.4, -0.2) is 48.0 Å². The standard InChI is InChI=1S/C26H18ClF3N4O3/c27-16-11-15(1-3-17(16)28)26(36)33-20-6-4-18(29)23(24(20)30)25(35)14-2-5-19-21(12-14)32-22(13-31-19)34-7-9-37-10-8-34/h1-6,11-13H,7-10H2,(H,33,36). The van der Waals surface area contributed by atoms with Crippen LogP contribution in [-0.2, 0) is 4.74 Å². The number of nitrogens with one attached hydrogen (secondary N) is 1. The molecule has 5 rings (SSSR count). The van der Waals surface area contributed by atoms with Gasteiger partial charge < -0.3 is 15.0 Å². The van der Waals surface area contributed by atoms with E-state index in [1.54, 1.807) is 12.3 Å². The maximum absolute atomic E-state index is 15.3. The first-order valence-electron chi connectivity index (χ1n) is 11.2. The Labute approximate surface area is 213 Å². The van der Waals surface area contributed by atoms with Crippen LogP contribution in [0, 0.1) is 17.5 Å². The zero-order chi connectivity index (χ0) is 26.1. The zero-order valence-corrected chi connectivity index (χ0v) is 19.9. The van der Waals surface area contributed by atoms with Crippen molar-refractivity contribution in [2.75, 3.05) is 36.5 Å². The normalized spacial score (nSPS) is 13.6. The fraction of sp³-hybridized carbons (Fsp3) is 0.154. The van der Waals surface area contributed by atoms with Gasteiger partial charge in [0, 0.05) is 24.2 Å². The van der Waals surface area contributed by atoms with Gasteiger partial charge in [-0.2, -0.15) is 0 Å². The van der Waals surface area contributed by atoms with E-state index in [2.05, 4.69) is 15.3 Å². The number of amides is 1. The van der Waals surface area contributed by atoms with Gasteiger partial charge >= 0.3 is 0 Å². The predicted octanol–water partition coefficient (Wildman–Crippen LogP) is 5.02. The van der Waals surface area contributed by atoms with Gasteiger partial charge in [-0.15, -0.1) is 0 Å². The molecule has 4 aromatic rings. The largest absolute Gasteiger partial charge is 0.378 e. The van der Waals surface area contributed by atoms with Crippen molar-refractivity contribution < 1.29 is 27.5 Å². The summed E-state index contributed by atoms with van der Waals surface area (Å²) < 4.78 is 48.7. The van der Waals surface area contributed by atoms with E-state index in [9.17, 15) is 18.4 Å². The molecule has 188 valence electrons. The van der Waals surface area contributed by atoms with Crippen LogP contribution in [0.15, 0.2) is 54.7 Å². The molecule has 1 saturated heterocycles. The van der Waals surface area contributed by atoms with Gasteiger partial charge in [-0.25, -0.2) is 18.2 Å². The topological polar surface area (TPSA) is 84.4 Å². The Kier molecular flexibility index (Phi) is 6.77. The fourth-order valence-electron chi connectivity index (χ4n) is 3.92. The number of anilines is 2. The van der Waals surface area contributed by atoms with Crippen molar-refractivity contribution in [1.29, 1.82) is 0 Å². The lowest BCUT2D eigenvalue weighted by Crippen LogP contribution is -2.36. The highest BCUT2D eigenvalue weighted by Gasteiger charge is 2.24. The van der Waals surface area contributed by atoms with Gasteiger partial charge in [0.1, 0.15) is 17.5 Å². The van der Waals surface area contributed by atoms with Crippen LogP contribution in [0.25, 0.3) is 11.0 Å². The summed E-state index contributed by atoms with van der Waals surface area (Å²) in [6.07, 6.45) is 1.62. The molecule has 0 aliphatic carbocycles. The lowest BCUT2D eigenvalue weighted by Gasteiger charge is -2.27. The van der Waals surface area contributed by atoms with Gasteiger partial charge in [0.25, 0.3) is 5.91 Å². The van der Waals surface area contributed by atoms with Crippen LogP contribution in [0.2, 0.25) is 5.02 Å². The Morgan fingerprint density at radius 2 is 1.65 bits per heavy atom. The van der Waals surface area contributed by atoms with Crippen molar-refractivity contribution in [3.63, 3.8) is 0 Å². The molecule has 0 bridgehead atoms. The van der Waals surface area contributed by atoms with Crippen molar-refractivity contribution in [3.05, 3.63) is 93.9 Å². The molecule has 3 aromatic carbocycles. The second kappa shape index (κ2) is 10.2. The Morgan fingerprint density at radius 3 is 2.41 bits per heavy atom. The number of hydrogen-bond donors (Lipinski definition) is 1. The Balaban J connectivity index is 1.45. The number of carbonyl (C=O) groups is 2. The third kappa shape index (κ3) is 4.98. The summed E-state index contributed by atoms with van der Waals surface area (Å²) >= 11 is 5.70. The van der Waals surface area contributed by atoms with Crippen molar-refractivity contribution in [1.82, 2.24) is 9.97 Å². The summed E-state index contributed by atoms with van der Waals surface area (Å²) in [5.74, 6) is -4.23. The average Bonchev–Trinajstić information content (AvgIpc) is 2.91. The van der Waals surface area contributed by atoms with E-state index >= 15 is 4.39 Å². The number of carbonyl (C=O) groups excluding carboxylic acids is 2. The number of morpholine rings is 1. The quantitative estimate of drug-likeness (QED) is 0.368. The first kappa shape index (κ1) is 24.7. The summed E-state index contributed by atoms with van der Waals surface area (Å²) in [5, 5.41) is 1.98. The maximum atomic E-state index is 15.3. The molecule has 1 aromatic heterocycles. The van der Waals surface area contributed by atoms with E-state index in [1.165, 1.54) is 12.1 Å². The number of aromatic nitrogens is 2. The van der Waals surface area contributed by atoms with Gasteiger partial charge in [0.2, 0.25) is 0 Å². The molecule has 1 aliphatic rings. The molecule has 1 amide bonds. The average molecular weight is 527 g/mol. The molecule has 0 unspecified atom stereocenters. The minimum Gasteiger partial charge on any atom is -0.378 e. The van der Waals surface area contributed by atoms with Crippen LogP contribution in [0.4, 0.5) is 24.7 Å². The minimum atomic E-state index is -1.25. The van der Waals surface area contributed by atoms with Crippen molar-refractivity contribution in [2.24, 2.45) is 0 Å². The summed E-state index contributed by atoms with van der Waals surface area (Å²) in [6, 6.07) is 9.44. The smallest absolute Gasteiger partial charge is 0.255 e. The Bertz CT molecular complexity index is 1540. The molecule has 0 atom stereocenters. The third-order valence-corrected chi connectivity index (χ3v) is 6.16. The molecule has 37 heavy (non-hydrogen) atoms. The lowest BCUT2D eigenvalue weighted by molar-refractivity contribution is 0.101. The fourth-order valence-corrected chi connectivity index (χ4v) is 4.10. The Morgan fingerprint density at radius 1 is 0.919 bits per heavy atom. The van der Waals surface area contributed by atoms with Crippen LogP contribution in [0.5, 0.6) is 0 Å². The second-order valence-electron chi connectivity index (χ2n) is 8.23. The number of hydrogen-bond acceptors (Lipinski definition) is 6. The Hall–Kier alpha value is -4.02. The zero-order valence-electron chi connectivity index (χ0n) is 19.1. The van der Waals surface area contributed by atoms with Crippen molar-refractivity contribution in [2.45, 2.75) is 0 Å². The maximum Gasteiger partial charge on any atom is 0.255 e. The monoisotopic (exact) mass is 526 g/mol. The molecular formula is C26H18ClF3N4O3. The molecule has 7 nitrogen and oxygen atoms in total. The minimum absolute atomic E-state index is 0.00693. The number of halogens is 4. The number of ketones is 1. The van der Waals surface area contributed by atoms with Crippen molar-refractivity contribution in [3.8, 4) is 0 Å². The first-order valence-corrected chi connectivity index (χ1v) is 11.6. The molecule has 1 N–H and O–H groups in total. The number of nitrogens with zero attached hydrogens (tertiary/aromatic N) is 3. The van der Waals surface area contributed by atoms with Crippen LogP contribution in [0.1, 0.15) is 26.3 Å². The van der Waals surface area contributed by atoms with Crippen molar-refractivity contribution >= 4 is 45.8 Å². The lowest BCUT2D eigenvalue weighted by atomic mass is 10.0. The number of ether oxygens (including phenoxy) is 1. The van der Waals surface area contributed by atoms with Crippen LogP contribution < -0.4 is 10.2 Å².